The molecule has 0 N–H and O–H groups in total. The van der Waals surface area contributed by atoms with Gasteiger partial charge in [-0.25, -0.2) is 9.50 Å². The first kappa shape index (κ1) is 11.2. The first-order valence-electron chi connectivity index (χ1n) is 6.21. The highest BCUT2D eigenvalue weighted by atomic mass is 79.9. The van der Waals surface area contributed by atoms with Gasteiger partial charge in [0.15, 0.2) is 11.5 Å². The van der Waals surface area contributed by atoms with Crippen molar-refractivity contribution in [3.63, 3.8) is 0 Å². The molecule has 1 aliphatic carbocycles. The molecule has 0 unspecified atom stereocenters. The average Bonchev–Trinajstić information content (AvgIpc) is 2.58. The maximum atomic E-state index is 4.66. The number of fused-ring (bicyclic) bond motifs is 1. The van der Waals surface area contributed by atoms with Crippen molar-refractivity contribution in [2.24, 2.45) is 0 Å². The molecule has 1 fully saturated rings. The van der Waals surface area contributed by atoms with Crippen LogP contribution in [0, 0.1) is 0 Å². The Kier molecular flexibility index (Phi) is 2.69. The van der Waals surface area contributed by atoms with Crippen molar-refractivity contribution < 1.29 is 0 Å². The van der Waals surface area contributed by atoms with Gasteiger partial charge in [-0.05, 0) is 52.4 Å². The van der Waals surface area contributed by atoms with Gasteiger partial charge in [-0.3, -0.25) is 0 Å². The van der Waals surface area contributed by atoms with Crippen LogP contribution < -0.4 is 0 Å². The summed E-state index contributed by atoms with van der Waals surface area (Å²) in [5, 5.41) is 4.59. The van der Waals surface area contributed by atoms with Gasteiger partial charge in [-0.15, -0.1) is 5.10 Å². The molecule has 2 aromatic rings. The molecule has 0 radical (unpaired) electrons. The molecule has 3 nitrogen and oxygen atoms in total. The molecule has 2 heterocycles. The molecule has 17 heavy (non-hydrogen) atoms. The smallest absolute Gasteiger partial charge is 0.157 e. The molecule has 0 spiro atoms. The summed E-state index contributed by atoms with van der Waals surface area (Å²) in [6.07, 6.45) is 3.80. The number of aromatic nitrogens is 3. The zero-order valence-electron chi connectivity index (χ0n) is 10.2. The van der Waals surface area contributed by atoms with E-state index in [0.29, 0.717) is 11.8 Å². The minimum atomic E-state index is 0.514. The van der Waals surface area contributed by atoms with Crippen LogP contribution in [0.4, 0.5) is 0 Å². The summed E-state index contributed by atoms with van der Waals surface area (Å²) in [5.41, 5.74) is 2.27. The normalized spacial score (nSPS) is 16.7. The first-order valence-corrected chi connectivity index (χ1v) is 7.00. The van der Waals surface area contributed by atoms with E-state index in [1.165, 1.54) is 24.8 Å². The maximum Gasteiger partial charge on any atom is 0.157 e. The molecule has 0 amide bonds. The highest BCUT2D eigenvalue weighted by Gasteiger charge is 2.24. The van der Waals surface area contributed by atoms with Crippen molar-refractivity contribution in [2.45, 2.75) is 44.9 Å². The molecule has 0 aromatic carbocycles. The minimum Gasteiger partial charge on any atom is -0.212 e. The van der Waals surface area contributed by atoms with Gasteiger partial charge in [-0.2, -0.15) is 0 Å². The summed E-state index contributed by atoms with van der Waals surface area (Å²) in [7, 11) is 0. The highest BCUT2D eigenvalue weighted by molar-refractivity contribution is 9.10. The van der Waals surface area contributed by atoms with Crippen LogP contribution in [-0.4, -0.2) is 14.6 Å². The molecule has 1 aliphatic rings. The third-order valence-corrected chi connectivity index (χ3v) is 4.13. The molecule has 0 saturated heterocycles. The van der Waals surface area contributed by atoms with Crippen LogP contribution in [0.25, 0.3) is 5.65 Å². The Labute approximate surface area is 109 Å². The van der Waals surface area contributed by atoms with Gasteiger partial charge in [-0.1, -0.05) is 20.3 Å². The molecule has 0 bridgehead atoms. The molecule has 4 heteroatoms. The van der Waals surface area contributed by atoms with E-state index >= 15 is 0 Å². The minimum absolute atomic E-state index is 0.514. The van der Waals surface area contributed by atoms with E-state index in [1.807, 2.05) is 4.52 Å². The van der Waals surface area contributed by atoms with E-state index < -0.39 is 0 Å². The monoisotopic (exact) mass is 293 g/mol. The van der Waals surface area contributed by atoms with Crippen molar-refractivity contribution >= 4 is 21.6 Å². The van der Waals surface area contributed by atoms with E-state index in [-0.39, 0.29) is 0 Å². The Bertz CT molecular complexity index is 555. The van der Waals surface area contributed by atoms with Gasteiger partial charge in [0.25, 0.3) is 0 Å². The summed E-state index contributed by atoms with van der Waals surface area (Å²) in [5.74, 6) is 2.11. The van der Waals surface area contributed by atoms with Crippen LogP contribution in [0.3, 0.4) is 0 Å². The first-order chi connectivity index (χ1) is 8.15. The molecule has 2 aromatic heterocycles. The lowest BCUT2D eigenvalue weighted by Crippen LogP contribution is -2.10. The Morgan fingerprint density at radius 1 is 1.35 bits per heavy atom. The van der Waals surface area contributed by atoms with Gasteiger partial charge in [0, 0.05) is 5.92 Å². The molecule has 3 rings (SSSR count). The van der Waals surface area contributed by atoms with Gasteiger partial charge in [0.2, 0.25) is 0 Å². The lowest BCUT2D eigenvalue weighted by molar-refractivity contribution is 0.401. The summed E-state index contributed by atoms with van der Waals surface area (Å²) < 4.78 is 2.90. The van der Waals surface area contributed by atoms with Crippen molar-refractivity contribution in [1.29, 1.82) is 0 Å². The number of hydrogen-bond donors (Lipinski definition) is 0. The van der Waals surface area contributed by atoms with E-state index in [4.69, 9.17) is 0 Å². The van der Waals surface area contributed by atoms with E-state index in [1.54, 1.807) is 0 Å². The third kappa shape index (κ3) is 1.88. The standard InChI is InChI=1S/C13H16BrN3/c1-8(2)10-6-11(14)17-12(7-10)15-13(16-17)9-4-3-5-9/h6-9H,3-5H2,1-2H3. The Morgan fingerprint density at radius 2 is 2.12 bits per heavy atom. The van der Waals surface area contributed by atoms with Crippen molar-refractivity contribution in [3.8, 4) is 0 Å². The van der Waals surface area contributed by atoms with Crippen LogP contribution in [0.1, 0.15) is 56.3 Å². The van der Waals surface area contributed by atoms with Crippen LogP contribution in [0.2, 0.25) is 0 Å². The van der Waals surface area contributed by atoms with Crippen molar-refractivity contribution in [2.75, 3.05) is 0 Å². The SMILES string of the molecule is CC(C)c1cc(Br)n2nc(C3CCC3)nc2c1. The second-order valence-corrected chi connectivity index (χ2v) is 5.95. The van der Waals surface area contributed by atoms with E-state index in [9.17, 15) is 0 Å². The van der Waals surface area contributed by atoms with Crippen molar-refractivity contribution in [3.05, 3.63) is 28.1 Å². The lowest BCUT2D eigenvalue weighted by atomic mass is 9.85. The average molecular weight is 294 g/mol. The number of hydrogen-bond acceptors (Lipinski definition) is 2. The molecule has 90 valence electrons. The fraction of sp³-hybridized carbons (Fsp3) is 0.538. The van der Waals surface area contributed by atoms with E-state index in [0.717, 1.165) is 16.1 Å². The van der Waals surface area contributed by atoms with Gasteiger partial charge in [0.1, 0.15) is 4.60 Å². The molecular weight excluding hydrogens is 278 g/mol. The topological polar surface area (TPSA) is 30.2 Å². The van der Waals surface area contributed by atoms with Gasteiger partial charge in [0.05, 0.1) is 0 Å². The quantitative estimate of drug-likeness (QED) is 0.787. The van der Waals surface area contributed by atoms with Gasteiger partial charge >= 0.3 is 0 Å². The number of pyridine rings is 1. The Morgan fingerprint density at radius 3 is 2.71 bits per heavy atom. The fourth-order valence-corrected chi connectivity index (χ4v) is 2.68. The molecule has 0 atom stereocenters. The summed E-state index contributed by atoms with van der Waals surface area (Å²) in [6, 6.07) is 4.28. The largest absolute Gasteiger partial charge is 0.212 e. The summed E-state index contributed by atoms with van der Waals surface area (Å²) in [4.78, 5) is 4.66. The maximum absolute atomic E-state index is 4.66. The third-order valence-electron chi connectivity index (χ3n) is 3.57. The lowest BCUT2D eigenvalue weighted by Gasteiger charge is -2.21. The van der Waals surface area contributed by atoms with E-state index in [2.05, 4.69) is 52.0 Å². The second kappa shape index (κ2) is 4.09. The zero-order valence-corrected chi connectivity index (χ0v) is 11.7. The number of halogens is 1. The van der Waals surface area contributed by atoms with Crippen molar-refractivity contribution in [1.82, 2.24) is 14.6 Å². The predicted molar refractivity (Wildman–Crippen MR) is 71.4 cm³/mol. The summed E-state index contributed by atoms with van der Waals surface area (Å²) in [6.45, 7) is 4.39. The van der Waals surface area contributed by atoms with Gasteiger partial charge < -0.3 is 0 Å². The van der Waals surface area contributed by atoms with Crippen LogP contribution in [0.5, 0.6) is 0 Å². The number of rotatable bonds is 2. The summed E-state index contributed by atoms with van der Waals surface area (Å²) >= 11 is 3.58. The molecule has 0 aliphatic heterocycles. The fourth-order valence-electron chi connectivity index (χ4n) is 2.15. The highest BCUT2D eigenvalue weighted by Crippen LogP contribution is 2.35. The number of nitrogens with zero attached hydrogens (tertiary/aromatic N) is 3. The second-order valence-electron chi connectivity index (χ2n) is 5.13. The molecule has 1 saturated carbocycles. The van der Waals surface area contributed by atoms with Crippen LogP contribution in [-0.2, 0) is 0 Å². The zero-order chi connectivity index (χ0) is 12.0. The predicted octanol–water partition coefficient (Wildman–Crippen LogP) is 3.88. The Hall–Kier alpha value is -0.900. The Balaban J connectivity index is 2.10. The van der Waals surface area contributed by atoms with Crippen LogP contribution in [0.15, 0.2) is 16.7 Å². The molecular formula is C13H16BrN3. The van der Waals surface area contributed by atoms with Crippen LogP contribution >= 0.6 is 15.9 Å².